The van der Waals surface area contributed by atoms with Crippen molar-refractivity contribution in [1.29, 1.82) is 0 Å². The minimum atomic E-state index is -0.440. The number of allylic oxidation sites excluding steroid dienone is 3. The topological polar surface area (TPSA) is 83.1 Å². The van der Waals surface area contributed by atoms with Gasteiger partial charge < -0.3 is 24.3 Å². The molecule has 4 rings (SSSR count). The number of nitrogens with one attached hydrogen (secondary N) is 1. The molecule has 0 radical (unpaired) electrons. The lowest BCUT2D eigenvalue weighted by Crippen LogP contribution is -2.36. The van der Waals surface area contributed by atoms with Crippen molar-refractivity contribution in [3.05, 3.63) is 68.7 Å². The van der Waals surface area contributed by atoms with E-state index in [9.17, 15) is 9.59 Å². The maximum atomic E-state index is 13.6. The molecule has 0 fully saturated rings. The molecule has 0 bridgehead atoms. The van der Waals surface area contributed by atoms with E-state index in [-0.39, 0.29) is 18.3 Å². The van der Waals surface area contributed by atoms with Crippen molar-refractivity contribution in [3.63, 3.8) is 0 Å². The van der Waals surface area contributed by atoms with Crippen LogP contribution in [0.1, 0.15) is 42.0 Å². The van der Waals surface area contributed by atoms with Gasteiger partial charge in [0.1, 0.15) is 6.61 Å². The van der Waals surface area contributed by atoms with Gasteiger partial charge in [0, 0.05) is 35.4 Å². The molecule has 0 saturated carbocycles. The third-order valence-electron chi connectivity index (χ3n) is 6.27. The number of thiophene rings is 1. The number of benzene rings is 1. The zero-order valence-corrected chi connectivity index (χ0v) is 20.6. The highest BCUT2D eigenvalue weighted by atomic mass is 32.1. The number of ketones is 1. The van der Waals surface area contributed by atoms with E-state index >= 15 is 0 Å². The lowest BCUT2D eigenvalue weighted by Gasteiger charge is -2.36. The van der Waals surface area contributed by atoms with Crippen LogP contribution in [0.25, 0.3) is 0 Å². The summed E-state index contributed by atoms with van der Waals surface area (Å²) < 4.78 is 21.3. The van der Waals surface area contributed by atoms with Crippen molar-refractivity contribution < 1.29 is 28.5 Å². The van der Waals surface area contributed by atoms with Gasteiger partial charge in [0.05, 0.1) is 32.3 Å². The third-order valence-corrected chi connectivity index (χ3v) is 7.21. The van der Waals surface area contributed by atoms with Gasteiger partial charge in [-0.25, -0.2) is 4.79 Å². The molecule has 8 heteroatoms. The first-order valence-corrected chi connectivity index (χ1v) is 12.0. The van der Waals surface area contributed by atoms with Gasteiger partial charge in [-0.15, -0.1) is 11.3 Å². The van der Waals surface area contributed by atoms with Crippen LogP contribution in [0.15, 0.2) is 58.3 Å². The molecular weight excluding hydrogens is 454 g/mol. The van der Waals surface area contributed by atoms with Gasteiger partial charge in [0.15, 0.2) is 17.3 Å². The summed E-state index contributed by atoms with van der Waals surface area (Å²) in [6.07, 6.45) is 1.00. The average molecular weight is 484 g/mol. The zero-order valence-electron chi connectivity index (χ0n) is 19.8. The van der Waals surface area contributed by atoms with Gasteiger partial charge >= 0.3 is 5.97 Å². The summed E-state index contributed by atoms with van der Waals surface area (Å²) in [5.74, 6) is 0.439. The largest absolute Gasteiger partial charge is 0.493 e. The number of carbonyl (C=O) groups is 2. The van der Waals surface area contributed by atoms with E-state index in [0.717, 1.165) is 16.1 Å². The predicted octanol–water partition coefficient (Wildman–Crippen LogP) is 4.32. The van der Waals surface area contributed by atoms with E-state index in [2.05, 4.69) is 5.32 Å². The number of ether oxygens (including phenoxy) is 4. The Balaban J connectivity index is 1.69. The number of carbonyl (C=O) groups excluding carboxylic acids is 2. The van der Waals surface area contributed by atoms with Crippen LogP contribution >= 0.6 is 11.3 Å². The molecule has 0 amide bonds. The Labute approximate surface area is 203 Å². The summed E-state index contributed by atoms with van der Waals surface area (Å²) in [5.41, 5.74) is 3.72. The summed E-state index contributed by atoms with van der Waals surface area (Å²) in [6, 6.07) is 9.68. The SMILES string of the molecule is COCCOC(=O)C1=C(C)NC2=C(C(=O)C[C@H](c3ccc(OC)c(OC)c3)C2)[C@@H]1c1cccs1. The Morgan fingerprint density at radius 2 is 1.88 bits per heavy atom. The number of dihydropyridines is 1. The minimum Gasteiger partial charge on any atom is -0.493 e. The van der Waals surface area contributed by atoms with E-state index in [1.54, 1.807) is 21.3 Å². The fraction of sp³-hybridized carbons (Fsp3) is 0.385. The van der Waals surface area contributed by atoms with Crippen LogP contribution in [0.2, 0.25) is 0 Å². The summed E-state index contributed by atoms with van der Waals surface area (Å²) in [5, 5.41) is 5.33. The lowest BCUT2D eigenvalue weighted by atomic mass is 9.73. The summed E-state index contributed by atoms with van der Waals surface area (Å²) >= 11 is 1.53. The van der Waals surface area contributed by atoms with Crippen molar-refractivity contribution in [2.75, 3.05) is 34.5 Å². The summed E-state index contributed by atoms with van der Waals surface area (Å²) in [7, 11) is 4.76. The second kappa shape index (κ2) is 10.4. The average Bonchev–Trinajstić information content (AvgIpc) is 3.37. The maximum Gasteiger partial charge on any atom is 0.336 e. The molecule has 1 N–H and O–H groups in total. The van der Waals surface area contributed by atoms with Crippen molar-refractivity contribution in [2.45, 2.75) is 31.6 Å². The first-order chi connectivity index (χ1) is 16.5. The highest BCUT2D eigenvalue weighted by Gasteiger charge is 2.42. The number of rotatable bonds is 8. The van der Waals surface area contributed by atoms with Gasteiger partial charge in [0.2, 0.25) is 0 Å². The monoisotopic (exact) mass is 483 g/mol. The first-order valence-electron chi connectivity index (χ1n) is 11.1. The van der Waals surface area contributed by atoms with Gasteiger partial charge in [0.25, 0.3) is 0 Å². The molecule has 1 aliphatic carbocycles. The molecule has 2 heterocycles. The number of methoxy groups -OCH3 is 3. The smallest absolute Gasteiger partial charge is 0.336 e. The number of esters is 1. The molecular formula is C26H29NO6S. The van der Waals surface area contributed by atoms with Crippen molar-refractivity contribution in [1.82, 2.24) is 5.32 Å². The van der Waals surface area contributed by atoms with Crippen molar-refractivity contribution in [3.8, 4) is 11.5 Å². The summed E-state index contributed by atoms with van der Waals surface area (Å²) in [6.45, 7) is 2.33. The molecule has 1 aromatic carbocycles. The van der Waals surface area contributed by atoms with Crippen LogP contribution in [-0.2, 0) is 19.1 Å². The van der Waals surface area contributed by atoms with Gasteiger partial charge in [-0.3, -0.25) is 4.79 Å². The fourth-order valence-electron chi connectivity index (χ4n) is 4.69. The van der Waals surface area contributed by atoms with E-state index in [1.165, 1.54) is 11.3 Å². The number of Topliss-reactive ketones (excluding diaryl/α,β-unsaturated/α-hetero) is 1. The first kappa shape index (κ1) is 24.0. The Hall–Kier alpha value is -3.10. The van der Waals surface area contributed by atoms with Crippen LogP contribution in [0, 0.1) is 0 Å². The van der Waals surface area contributed by atoms with Gasteiger partial charge in [-0.1, -0.05) is 12.1 Å². The molecule has 1 aromatic heterocycles. The van der Waals surface area contributed by atoms with E-state index in [4.69, 9.17) is 18.9 Å². The molecule has 0 saturated heterocycles. The van der Waals surface area contributed by atoms with Crippen molar-refractivity contribution in [2.24, 2.45) is 0 Å². The Morgan fingerprint density at radius 1 is 1.09 bits per heavy atom. The molecule has 0 spiro atoms. The second-order valence-corrected chi connectivity index (χ2v) is 9.26. The van der Waals surface area contributed by atoms with Crippen LogP contribution in [0.5, 0.6) is 11.5 Å². The van der Waals surface area contributed by atoms with E-state index < -0.39 is 11.9 Å². The van der Waals surface area contributed by atoms with Crippen LogP contribution < -0.4 is 14.8 Å². The van der Waals surface area contributed by atoms with Gasteiger partial charge in [-0.05, 0) is 48.4 Å². The van der Waals surface area contributed by atoms with Crippen LogP contribution in [0.3, 0.4) is 0 Å². The number of hydrogen-bond acceptors (Lipinski definition) is 8. The fourth-order valence-corrected chi connectivity index (χ4v) is 5.53. The Kier molecular flexibility index (Phi) is 7.38. The zero-order chi connectivity index (χ0) is 24.2. The molecule has 2 aromatic rings. The van der Waals surface area contributed by atoms with Crippen LogP contribution in [0.4, 0.5) is 0 Å². The predicted molar refractivity (Wildman–Crippen MR) is 129 cm³/mol. The lowest BCUT2D eigenvalue weighted by molar-refractivity contribution is -0.140. The molecule has 180 valence electrons. The highest BCUT2D eigenvalue weighted by molar-refractivity contribution is 7.10. The normalized spacial score (nSPS) is 20.1. The maximum absolute atomic E-state index is 13.6. The minimum absolute atomic E-state index is 0.00875. The van der Waals surface area contributed by atoms with Gasteiger partial charge in [-0.2, -0.15) is 0 Å². The van der Waals surface area contributed by atoms with Crippen molar-refractivity contribution >= 4 is 23.1 Å². The standard InChI is InChI=1S/C26H29NO6S/c1-15-23(26(29)33-10-9-30-2)25(22-6-5-11-34-22)24-18(27-15)12-17(13-19(24)28)16-7-8-20(31-3)21(14-16)32-4/h5-8,11,14,17,25,27H,9-10,12-13H2,1-4H3/t17-,25-/m1/s1. The Morgan fingerprint density at radius 3 is 2.56 bits per heavy atom. The highest BCUT2D eigenvalue weighted by Crippen LogP contribution is 2.47. The number of hydrogen-bond donors (Lipinski definition) is 1. The third kappa shape index (κ3) is 4.60. The molecule has 7 nitrogen and oxygen atoms in total. The molecule has 2 aliphatic rings. The van der Waals surface area contributed by atoms with E-state index in [0.29, 0.717) is 47.8 Å². The van der Waals surface area contributed by atoms with E-state index in [1.807, 2.05) is 42.6 Å². The Bertz CT molecular complexity index is 1130. The summed E-state index contributed by atoms with van der Waals surface area (Å²) in [4.78, 5) is 27.6. The van der Waals surface area contributed by atoms with Crippen LogP contribution in [-0.4, -0.2) is 46.3 Å². The molecule has 1 aliphatic heterocycles. The molecule has 2 atom stereocenters. The molecule has 34 heavy (non-hydrogen) atoms. The second-order valence-electron chi connectivity index (χ2n) is 8.28. The quantitative estimate of drug-likeness (QED) is 0.442. The molecule has 0 unspecified atom stereocenters.